The zero-order chi connectivity index (χ0) is 15.4. The Morgan fingerprint density at radius 2 is 2.00 bits per heavy atom. The van der Waals surface area contributed by atoms with Gasteiger partial charge in [0, 0.05) is 29.2 Å². The predicted octanol–water partition coefficient (Wildman–Crippen LogP) is 3.58. The fourth-order valence-electron chi connectivity index (χ4n) is 2.25. The number of rotatable bonds is 4. The van der Waals surface area contributed by atoms with Crippen LogP contribution in [-0.4, -0.2) is 11.2 Å². The molecule has 0 fully saturated rings. The van der Waals surface area contributed by atoms with Crippen molar-refractivity contribution in [3.05, 3.63) is 40.2 Å². The lowest BCUT2D eigenvalue weighted by Gasteiger charge is -2.18. The molecule has 0 radical (unpaired) electrons. The number of hydrogen-bond acceptors (Lipinski definition) is 3. The van der Waals surface area contributed by atoms with E-state index < -0.39 is 0 Å². The Morgan fingerprint density at radius 3 is 2.67 bits per heavy atom. The summed E-state index contributed by atoms with van der Waals surface area (Å²) >= 11 is 5.30. The van der Waals surface area contributed by atoms with Gasteiger partial charge in [-0.05, 0) is 49.7 Å². The van der Waals surface area contributed by atoms with Crippen LogP contribution in [0.4, 0.5) is 5.69 Å². The van der Waals surface area contributed by atoms with Gasteiger partial charge in [0.25, 0.3) is 0 Å². The molecule has 1 aromatic heterocycles. The third kappa shape index (κ3) is 3.82. The molecule has 0 aliphatic heterocycles. The first-order valence-electron chi connectivity index (χ1n) is 7.15. The van der Waals surface area contributed by atoms with E-state index in [0.29, 0.717) is 16.7 Å². The summed E-state index contributed by atoms with van der Waals surface area (Å²) in [5.74, 6) is 0. The maximum Gasteiger partial charge on any atom is 0.336 e. The second kappa shape index (κ2) is 6.72. The van der Waals surface area contributed by atoms with E-state index in [9.17, 15) is 4.79 Å². The molecule has 1 heterocycles. The number of thiocarbonyl (C=S) groups is 1. The third-order valence-electron chi connectivity index (χ3n) is 3.53. The van der Waals surface area contributed by atoms with Gasteiger partial charge in [-0.2, -0.15) is 0 Å². The predicted molar refractivity (Wildman–Crippen MR) is 90.9 cm³/mol. The third-order valence-corrected chi connectivity index (χ3v) is 3.75. The van der Waals surface area contributed by atoms with Gasteiger partial charge >= 0.3 is 5.63 Å². The minimum Gasteiger partial charge on any atom is -0.423 e. The summed E-state index contributed by atoms with van der Waals surface area (Å²) in [4.78, 5) is 11.4. The maximum atomic E-state index is 11.4. The Balaban J connectivity index is 2.20. The van der Waals surface area contributed by atoms with Gasteiger partial charge < -0.3 is 15.1 Å². The molecule has 0 bridgehead atoms. The van der Waals surface area contributed by atoms with Crippen LogP contribution < -0.4 is 16.3 Å². The number of aryl methyl sites for hydroxylation is 1. The van der Waals surface area contributed by atoms with Crippen LogP contribution in [0.15, 0.2) is 33.5 Å². The normalized spacial score (nSPS) is 10.9. The Morgan fingerprint density at radius 1 is 1.29 bits per heavy atom. The van der Waals surface area contributed by atoms with E-state index in [-0.39, 0.29) is 5.63 Å². The van der Waals surface area contributed by atoms with Gasteiger partial charge in [-0.3, -0.25) is 0 Å². The van der Waals surface area contributed by atoms with E-state index in [1.807, 2.05) is 19.1 Å². The summed E-state index contributed by atoms with van der Waals surface area (Å²) in [6.45, 7) is 6.14. The highest BCUT2D eigenvalue weighted by Crippen LogP contribution is 2.20. The van der Waals surface area contributed by atoms with Crippen molar-refractivity contribution in [2.24, 2.45) is 0 Å². The van der Waals surface area contributed by atoms with Crippen LogP contribution in [0.2, 0.25) is 0 Å². The van der Waals surface area contributed by atoms with E-state index in [1.54, 1.807) is 6.07 Å². The lowest BCUT2D eigenvalue weighted by molar-refractivity contribution is 0.560. The molecule has 0 aliphatic rings. The van der Waals surface area contributed by atoms with Crippen molar-refractivity contribution >= 4 is 34.0 Å². The van der Waals surface area contributed by atoms with Crippen molar-refractivity contribution in [2.45, 2.75) is 39.7 Å². The quantitative estimate of drug-likeness (QED) is 0.668. The van der Waals surface area contributed by atoms with E-state index in [2.05, 4.69) is 24.5 Å². The summed E-state index contributed by atoms with van der Waals surface area (Å²) in [6, 6.07) is 7.51. The minimum absolute atomic E-state index is 0.338. The molecule has 5 heteroatoms. The average Bonchev–Trinajstić information content (AvgIpc) is 2.44. The fourth-order valence-corrected chi connectivity index (χ4v) is 2.53. The maximum absolute atomic E-state index is 11.4. The number of benzene rings is 1. The van der Waals surface area contributed by atoms with Crippen LogP contribution >= 0.6 is 12.2 Å². The SMILES string of the molecule is CCC(CC)NC(=S)Nc1ccc2c(C)cc(=O)oc2c1. The molecule has 0 aliphatic carbocycles. The zero-order valence-corrected chi connectivity index (χ0v) is 13.3. The number of hydrogen-bond donors (Lipinski definition) is 2. The monoisotopic (exact) mass is 304 g/mol. The molecule has 4 nitrogen and oxygen atoms in total. The molecule has 1 aromatic carbocycles. The van der Waals surface area contributed by atoms with E-state index in [0.717, 1.165) is 29.5 Å². The smallest absolute Gasteiger partial charge is 0.336 e. The first kappa shape index (κ1) is 15.5. The van der Waals surface area contributed by atoms with Crippen LogP contribution in [0.5, 0.6) is 0 Å². The number of anilines is 1. The zero-order valence-electron chi connectivity index (χ0n) is 12.5. The molecule has 21 heavy (non-hydrogen) atoms. The summed E-state index contributed by atoms with van der Waals surface area (Å²) in [7, 11) is 0. The van der Waals surface area contributed by atoms with E-state index in [1.165, 1.54) is 6.07 Å². The van der Waals surface area contributed by atoms with Crippen molar-refractivity contribution in [3.8, 4) is 0 Å². The number of fused-ring (bicyclic) bond motifs is 1. The van der Waals surface area contributed by atoms with Crippen molar-refractivity contribution in [3.63, 3.8) is 0 Å². The van der Waals surface area contributed by atoms with Crippen LogP contribution in [0.1, 0.15) is 32.3 Å². The standard InChI is InChI=1S/C16H20N2O2S/c1-4-11(5-2)17-16(21)18-12-6-7-13-10(3)8-15(19)20-14(13)9-12/h6-9,11H,4-5H2,1-3H3,(H2,17,18,21). The molecule has 0 amide bonds. The van der Waals surface area contributed by atoms with Crippen molar-refractivity contribution < 1.29 is 4.42 Å². The largest absolute Gasteiger partial charge is 0.423 e. The molecule has 0 atom stereocenters. The average molecular weight is 304 g/mol. The second-order valence-corrected chi connectivity index (χ2v) is 5.48. The Hall–Kier alpha value is -1.88. The first-order chi connectivity index (χ1) is 10.0. The van der Waals surface area contributed by atoms with Gasteiger partial charge in [0.1, 0.15) is 5.58 Å². The summed E-state index contributed by atoms with van der Waals surface area (Å²) < 4.78 is 5.23. The minimum atomic E-state index is -0.338. The Bertz CT molecular complexity index is 705. The molecule has 2 N–H and O–H groups in total. The highest BCUT2D eigenvalue weighted by molar-refractivity contribution is 7.80. The first-order valence-corrected chi connectivity index (χ1v) is 7.56. The molecule has 0 spiro atoms. The van der Waals surface area contributed by atoms with Crippen LogP contribution in [0.25, 0.3) is 11.0 Å². The topological polar surface area (TPSA) is 54.3 Å². The highest BCUT2D eigenvalue weighted by atomic mass is 32.1. The lowest BCUT2D eigenvalue weighted by atomic mass is 10.1. The van der Waals surface area contributed by atoms with Gasteiger partial charge in [0.15, 0.2) is 5.11 Å². The molecule has 0 unspecified atom stereocenters. The van der Waals surface area contributed by atoms with Gasteiger partial charge in [0.05, 0.1) is 0 Å². The second-order valence-electron chi connectivity index (χ2n) is 5.07. The summed E-state index contributed by atoms with van der Waals surface area (Å²) in [6.07, 6.45) is 2.04. The molecular weight excluding hydrogens is 284 g/mol. The lowest BCUT2D eigenvalue weighted by Crippen LogP contribution is -2.36. The Labute approximate surface area is 129 Å². The van der Waals surface area contributed by atoms with E-state index in [4.69, 9.17) is 16.6 Å². The number of nitrogens with one attached hydrogen (secondary N) is 2. The van der Waals surface area contributed by atoms with Crippen LogP contribution in [-0.2, 0) is 0 Å². The molecule has 0 saturated carbocycles. The van der Waals surface area contributed by atoms with Crippen LogP contribution in [0.3, 0.4) is 0 Å². The molecule has 0 saturated heterocycles. The molecular formula is C16H20N2O2S. The molecule has 2 aromatic rings. The van der Waals surface area contributed by atoms with Gasteiger partial charge in [-0.1, -0.05) is 13.8 Å². The van der Waals surface area contributed by atoms with Crippen molar-refractivity contribution in [1.82, 2.24) is 5.32 Å². The summed E-state index contributed by atoms with van der Waals surface area (Å²) in [5.41, 5.74) is 1.94. The Kier molecular flexibility index (Phi) is 4.96. The molecule has 112 valence electrons. The highest BCUT2D eigenvalue weighted by Gasteiger charge is 2.07. The van der Waals surface area contributed by atoms with Gasteiger partial charge in [-0.15, -0.1) is 0 Å². The van der Waals surface area contributed by atoms with E-state index >= 15 is 0 Å². The van der Waals surface area contributed by atoms with Crippen molar-refractivity contribution in [1.29, 1.82) is 0 Å². The van der Waals surface area contributed by atoms with Crippen LogP contribution in [0, 0.1) is 6.92 Å². The van der Waals surface area contributed by atoms with Gasteiger partial charge in [-0.25, -0.2) is 4.79 Å². The molecule has 2 rings (SSSR count). The van der Waals surface area contributed by atoms with Gasteiger partial charge in [0.2, 0.25) is 0 Å². The van der Waals surface area contributed by atoms with Crippen molar-refractivity contribution in [2.75, 3.05) is 5.32 Å². The fraction of sp³-hybridized carbons (Fsp3) is 0.375. The summed E-state index contributed by atoms with van der Waals surface area (Å²) in [5, 5.41) is 7.91.